The highest BCUT2D eigenvalue weighted by molar-refractivity contribution is 6.39. The minimum atomic E-state index is -2.41. The maximum absolute atomic E-state index is 14.3. The summed E-state index contributed by atoms with van der Waals surface area (Å²) >= 11 is 0. The lowest BCUT2D eigenvalue weighted by Gasteiger charge is -2.46. The zero-order valence-corrected chi connectivity index (χ0v) is 37.0. The zero-order valence-electron chi connectivity index (χ0n) is 35.0. The molecule has 3 aliphatic heterocycles. The molecule has 316 valence electrons. The largest absolute Gasteiger partial charge is 0.456 e. The molecule has 1 amide bonds. The number of hydrogen-bond acceptors (Lipinski definition) is 11. The molecular weight excluding hydrogens is 735 g/mol. The first kappa shape index (κ1) is 46.2. The fourth-order valence-electron chi connectivity index (χ4n) is 9.57. The number of esters is 1. The van der Waals surface area contributed by atoms with Gasteiger partial charge in [0.2, 0.25) is 5.79 Å². The van der Waals surface area contributed by atoms with E-state index in [2.05, 4.69) is 13.5 Å². The minimum absolute atomic E-state index is 0.00108. The molecule has 4 aliphatic rings. The van der Waals surface area contributed by atoms with Crippen molar-refractivity contribution in [3.8, 4) is 0 Å². The summed E-state index contributed by atoms with van der Waals surface area (Å²) in [6.45, 7) is 13.3. The van der Waals surface area contributed by atoms with Crippen molar-refractivity contribution in [2.75, 3.05) is 20.8 Å². The van der Waals surface area contributed by atoms with Crippen molar-refractivity contribution >= 4 is 33.7 Å². The average Bonchev–Trinajstić information content (AvgIpc) is 3.16. The Kier molecular flexibility index (Phi) is 16.9. The fourth-order valence-corrected chi connectivity index (χ4v) is 10.8. The van der Waals surface area contributed by atoms with Crippen LogP contribution in [-0.4, -0.2) is 123 Å². The molecule has 0 aromatic carbocycles. The van der Waals surface area contributed by atoms with Crippen molar-refractivity contribution in [1.29, 1.82) is 0 Å². The van der Waals surface area contributed by atoms with E-state index in [1.807, 2.05) is 26.0 Å². The second-order valence-electron chi connectivity index (χ2n) is 17.5. The Hall–Kier alpha value is -2.52. The third kappa shape index (κ3) is 10.9. The van der Waals surface area contributed by atoms with Gasteiger partial charge in [-0.3, -0.25) is 14.4 Å². The number of aliphatic hydroxyl groups is 3. The summed E-state index contributed by atoms with van der Waals surface area (Å²) in [5, 5.41) is 34.1. The first-order valence-corrected chi connectivity index (χ1v) is 22.0. The second kappa shape index (κ2) is 20.4. The van der Waals surface area contributed by atoms with Gasteiger partial charge < -0.3 is 39.2 Å². The first-order chi connectivity index (χ1) is 26.4. The number of cyclic esters (lactones) is 1. The Morgan fingerprint density at radius 3 is 2.36 bits per heavy atom. The van der Waals surface area contributed by atoms with E-state index >= 15 is 0 Å². The highest BCUT2D eigenvalue weighted by Gasteiger charge is 2.55. The number of rotatable bonds is 6. The van der Waals surface area contributed by atoms with Gasteiger partial charge in [0.15, 0.2) is 0 Å². The third-order valence-corrected chi connectivity index (χ3v) is 14.0. The number of nitrogens with zero attached hydrogens (tertiary/aromatic N) is 1. The molecule has 0 aromatic rings. The highest BCUT2D eigenvalue weighted by Crippen LogP contribution is 2.42. The molecule has 0 spiro atoms. The number of fused-ring (bicyclic) bond motifs is 3. The van der Waals surface area contributed by atoms with E-state index < -0.39 is 77.8 Å². The van der Waals surface area contributed by atoms with Gasteiger partial charge >= 0.3 is 5.97 Å². The van der Waals surface area contributed by atoms with E-state index in [0.717, 1.165) is 5.57 Å². The smallest absolute Gasteiger partial charge is 0.329 e. The van der Waals surface area contributed by atoms with Crippen LogP contribution in [0.4, 0.5) is 0 Å². The van der Waals surface area contributed by atoms with Crippen LogP contribution in [0.1, 0.15) is 105 Å². The Morgan fingerprint density at radius 2 is 1.70 bits per heavy atom. The van der Waals surface area contributed by atoms with Crippen molar-refractivity contribution in [2.45, 2.75) is 159 Å². The summed E-state index contributed by atoms with van der Waals surface area (Å²) in [6.07, 6.45) is 6.55. The van der Waals surface area contributed by atoms with Crippen LogP contribution in [0.2, 0.25) is 5.54 Å². The molecule has 56 heavy (non-hydrogen) atoms. The Labute approximate surface area is 336 Å². The minimum Gasteiger partial charge on any atom is -0.456 e. The fraction of sp³-hybridized carbons (Fsp3) is 0.767. The molecule has 14 atom stereocenters. The number of aliphatic hydroxyl groups excluding tert-OH is 2. The second-order valence-corrected chi connectivity index (χ2v) is 19.0. The number of carbonyl (C=O) groups excluding carboxylic acids is 4. The third-order valence-electron chi connectivity index (χ3n) is 12.9. The summed E-state index contributed by atoms with van der Waals surface area (Å²) < 4.78 is 24.1. The molecule has 1 unspecified atom stereocenters. The van der Waals surface area contributed by atoms with Crippen LogP contribution < -0.4 is 0 Å². The number of hydrogen-bond donors (Lipinski definition) is 3. The van der Waals surface area contributed by atoms with Crippen LogP contribution in [0.25, 0.3) is 0 Å². The number of carbonyl (C=O) groups is 4. The van der Waals surface area contributed by atoms with Crippen LogP contribution in [0.15, 0.2) is 36.0 Å². The lowest BCUT2D eigenvalue weighted by Crippen LogP contribution is -2.62. The van der Waals surface area contributed by atoms with E-state index in [9.17, 15) is 34.5 Å². The highest BCUT2D eigenvalue weighted by atomic mass is 28.1. The predicted molar refractivity (Wildman–Crippen MR) is 215 cm³/mol. The summed E-state index contributed by atoms with van der Waals surface area (Å²) in [5.41, 5.74) is 1.70. The molecule has 0 radical (unpaired) electrons. The summed E-state index contributed by atoms with van der Waals surface area (Å²) in [7, 11) is 3.85. The monoisotopic (exact) mass is 803 g/mol. The van der Waals surface area contributed by atoms with Gasteiger partial charge in [-0.1, -0.05) is 44.6 Å². The Balaban J connectivity index is 1.77. The van der Waals surface area contributed by atoms with Crippen LogP contribution >= 0.6 is 0 Å². The molecule has 3 fully saturated rings. The van der Waals surface area contributed by atoms with Crippen molar-refractivity contribution in [1.82, 2.24) is 4.90 Å². The number of amides is 1. The van der Waals surface area contributed by atoms with Gasteiger partial charge in [0.1, 0.15) is 17.9 Å². The summed E-state index contributed by atoms with van der Waals surface area (Å²) in [5.74, 6) is -7.22. The van der Waals surface area contributed by atoms with Crippen LogP contribution in [0.5, 0.6) is 0 Å². The van der Waals surface area contributed by atoms with Crippen molar-refractivity contribution in [3.05, 3.63) is 36.0 Å². The number of Topliss-reactive ketones (excluding diaryl/α,β-unsaturated/α-hetero) is 2. The van der Waals surface area contributed by atoms with Crippen LogP contribution in [0.3, 0.4) is 0 Å². The molecule has 2 saturated heterocycles. The quantitative estimate of drug-likeness (QED) is 0.155. The van der Waals surface area contributed by atoms with E-state index in [4.69, 9.17) is 18.9 Å². The molecule has 3 heterocycles. The summed E-state index contributed by atoms with van der Waals surface area (Å²) in [6, 6.07) is -1.11. The molecule has 2 bridgehead atoms. The number of piperidine rings is 1. The number of ether oxygens (including phenoxy) is 4. The predicted octanol–water partition coefficient (Wildman–Crippen LogP) is 3.78. The van der Waals surface area contributed by atoms with E-state index in [1.165, 1.54) is 4.90 Å². The Morgan fingerprint density at radius 1 is 1.00 bits per heavy atom. The molecular formula is C43H69NO11Si. The van der Waals surface area contributed by atoms with Gasteiger partial charge in [-0.15, -0.1) is 6.58 Å². The first-order valence-electron chi connectivity index (χ1n) is 20.8. The van der Waals surface area contributed by atoms with Gasteiger partial charge in [0.05, 0.1) is 30.5 Å². The van der Waals surface area contributed by atoms with Crippen molar-refractivity contribution in [3.63, 3.8) is 0 Å². The topological polar surface area (TPSA) is 169 Å². The number of allylic oxidation sites excluding steroid dienone is 4. The molecule has 0 aromatic heterocycles. The average molecular weight is 804 g/mol. The van der Waals surface area contributed by atoms with Crippen molar-refractivity contribution < 1.29 is 53.4 Å². The lowest BCUT2D eigenvalue weighted by atomic mass is 9.81. The van der Waals surface area contributed by atoms with Gasteiger partial charge in [-0.2, -0.15) is 0 Å². The van der Waals surface area contributed by atoms with E-state index in [1.54, 1.807) is 34.1 Å². The molecule has 1 aliphatic carbocycles. The lowest BCUT2D eigenvalue weighted by molar-refractivity contribution is -0.277. The maximum atomic E-state index is 14.3. The zero-order chi connectivity index (χ0) is 41.5. The molecule has 4 rings (SSSR count). The number of methoxy groups -OCH3 is 2. The van der Waals surface area contributed by atoms with Gasteiger partial charge in [-0.05, 0) is 101 Å². The SMILES string of the molecule is C=CC[C@@H]1/C=C(\C)C[C@H](C)C[C@H](OC)[C@H]2O[C@@](O)(C(=O)C(=O)N3CCCC[C@H]3C(=O)O[C@H](/C(C)=C/[C@@H]3CC[C@@H](O)[C@H](OC)C3)C(C)[C@@H](O)CC1=O)[C@H](C)C[C@@H]2[SiH3]. The van der Waals surface area contributed by atoms with E-state index in [0.29, 0.717) is 73.6 Å². The van der Waals surface area contributed by atoms with Gasteiger partial charge in [0.25, 0.3) is 11.7 Å². The van der Waals surface area contributed by atoms with Crippen LogP contribution in [0, 0.1) is 29.6 Å². The maximum Gasteiger partial charge on any atom is 0.329 e. The van der Waals surface area contributed by atoms with Crippen LogP contribution in [-0.2, 0) is 38.1 Å². The van der Waals surface area contributed by atoms with Gasteiger partial charge in [0, 0.05) is 55.2 Å². The standard InChI is InChI=1S/C43H69NO11Si/c1-9-12-30-18-24(2)17-25(3)19-36(53-8)39-37(56)21-27(5)43(51,55-39)40(48)41(49)44-16-11-10-13-31(44)42(50)54-38(28(6)33(46)23-34(30)47)26(4)20-29-14-15-32(45)35(22-29)52-7/h9,18,20,25,27-33,35-39,45-46,51H,1,10-17,19,21-23H2,2-8,56H3/b24-18+,26-20+/t25-,27+,28?,29-,30+,31-,32+,33-,35+,36-,37-,38+,39+,43+/m0/s1. The molecule has 1 saturated carbocycles. The van der Waals surface area contributed by atoms with Gasteiger partial charge in [-0.25, -0.2) is 4.79 Å². The molecule has 12 nitrogen and oxygen atoms in total. The van der Waals surface area contributed by atoms with E-state index in [-0.39, 0.29) is 48.7 Å². The Bertz CT molecular complexity index is 1470. The summed E-state index contributed by atoms with van der Waals surface area (Å²) in [4.78, 5) is 57.7. The molecule has 13 heteroatoms. The van der Waals surface area contributed by atoms with Crippen molar-refractivity contribution in [2.24, 2.45) is 29.6 Å². The number of ketones is 2. The normalized spacial score (nSPS) is 41.5. The molecule has 3 N–H and O–H groups in total.